The lowest BCUT2D eigenvalue weighted by atomic mass is 10.2. The Hall–Kier alpha value is -1.35. The van der Waals surface area contributed by atoms with Gasteiger partial charge in [0.15, 0.2) is 5.82 Å². The van der Waals surface area contributed by atoms with Crippen LogP contribution in [0.4, 0.5) is 4.39 Å². The quantitative estimate of drug-likeness (QED) is 0.791. The van der Waals surface area contributed by atoms with E-state index in [1.807, 2.05) is 0 Å². The average molecular weight is 228 g/mol. The summed E-state index contributed by atoms with van der Waals surface area (Å²) in [6.07, 6.45) is 0. The van der Waals surface area contributed by atoms with E-state index in [9.17, 15) is 9.18 Å². The molecule has 0 atom stereocenters. The molecule has 4 heteroatoms. The normalized spacial score (nSPS) is 9.80. The summed E-state index contributed by atoms with van der Waals surface area (Å²) in [5, 5.41) is 2.47. The first-order chi connectivity index (χ1) is 7.02. The number of rotatable bonds is 3. The standard InChI is InChI=1S/C11H11ClFNO/c1-7(2)6-14-11(15)8-4-3-5-9(12)10(8)13/h3-5H,1,6H2,2H3,(H,14,15). The van der Waals surface area contributed by atoms with E-state index in [2.05, 4.69) is 11.9 Å². The lowest BCUT2D eigenvalue weighted by molar-refractivity contribution is 0.0953. The fraction of sp³-hybridized carbons (Fsp3) is 0.182. The van der Waals surface area contributed by atoms with Gasteiger partial charge in [-0.1, -0.05) is 29.8 Å². The minimum Gasteiger partial charge on any atom is -0.348 e. The molecule has 0 bridgehead atoms. The van der Waals surface area contributed by atoms with Crippen molar-refractivity contribution >= 4 is 17.5 Å². The number of nitrogens with one attached hydrogen (secondary N) is 1. The van der Waals surface area contributed by atoms with Crippen LogP contribution >= 0.6 is 11.6 Å². The fourth-order valence-electron chi connectivity index (χ4n) is 1.01. The third-order valence-corrected chi connectivity index (χ3v) is 2.04. The first kappa shape index (κ1) is 11.7. The van der Waals surface area contributed by atoms with Crippen LogP contribution in [0.3, 0.4) is 0 Å². The molecular formula is C11H11ClFNO. The molecule has 0 aliphatic carbocycles. The molecular weight excluding hydrogens is 217 g/mol. The van der Waals surface area contributed by atoms with Crippen molar-refractivity contribution in [3.63, 3.8) is 0 Å². The van der Waals surface area contributed by atoms with Gasteiger partial charge in [0.25, 0.3) is 5.91 Å². The third-order valence-electron chi connectivity index (χ3n) is 1.75. The Labute approximate surface area is 92.7 Å². The molecule has 0 aromatic heterocycles. The van der Waals surface area contributed by atoms with Crippen molar-refractivity contribution in [3.8, 4) is 0 Å². The minimum atomic E-state index is -0.696. The third kappa shape index (κ3) is 3.06. The van der Waals surface area contributed by atoms with Gasteiger partial charge in [-0.15, -0.1) is 0 Å². The van der Waals surface area contributed by atoms with Crippen LogP contribution in [0.2, 0.25) is 5.02 Å². The molecule has 1 aromatic carbocycles. The summed E-state index contributed by atoms with van der Waals surface area (Å²) in [5.41, 5.74) is 0.745. The van der Waals surface area contributed by atoms with Crippen LogP contribution in [0.5, 0.6) is 0 Å². The first-order valence-corrected chi connectivity index (χ1v) is 4.76. The lowest BCUT2D eigenvalue weighted by Gasteiger charge is -2.06. The molecule has 0 fully saturated rings. The highest BCUT2D eigenvalue weighted by molar-refractivity contribution is 6.31. The average Bonchev–Trinajstić information content (AvgIpc) is 2.18. The van der Waals surface area contributed by atoms with Crippen molar-refractivity contribution in [3.05, 3.63) is 46.8 Å². The van der Waals surface area contributed by atoms with E-state index < -0.39 is 11.7 Å². The smallest absolute Gasteiger partial charge is 0.254 e. The van der Waals surface area contributed by atoms with E-state index >= 15 is 0 Å². The number of carbonyl (C=O) groups is 1. The molecule has 0 saturated heterocycles. The van der Waals surface area contributed by atoms with Crippen molar-refractivity contribution in [1.82, 2.24) is 5.32 Å². The Kier molecular flexibility index (Phi) is 3.86. The lowest BCUT2D eigenvalue weighted by Crippen LogP contribution is -2.25. The predicted octanol–water partition coefficient (Wildman–Crippen LogP) is 2.79. The highest BCUT2D eigenvalue weighted by Gasteiger charge is 2.13. The molecule has 1 rings (SSSR count). The van der Waals surface area contributed by atoms with Crippen LogP contribution in [0.1, 0.15) is 17.3 Å². The summed E-state index contributed by atoms with van der Waals surface area (Å²) in [6, 6.07) is 4.31. The van der Waals surface area contributed by atoms with Gasteiger partial charge in [0.05, 0.1) is 10.6 Å². The van der Waals surface area contributed by atoms with Gasteiger partial charge in [0.2, 0.25) is 0 Å². The Balaban J connectivity index is 2.82. The van der Waals surface area contributed by atoms with E-state index in [4.69, 9.17) is 11.6 Å². The van der Waals surface area contributed by atoms with Crippen LogP contribution in [-0.2, 0) is 0 Å². The van der Waals surface area contributed by atoms with E-state index in [0.29, 0.717) is 6.54 Å². The van der Waals surface area contributed by atoms with Crippen LogP contribution in [-0.4, -0.2) is 12.5 Å². The number of halogens is 2. The number of hydrogen-bond donors (Lipinski definition) is 1. The first-order valence-electron chi connectivity index (χ1n) is 4.39. The van der Waals surface area contributed by atoms with Crippen LogP contribution in [0.15, 0.2) is 30.4 Å². The molecule has 80 valence electrons. The zero-order valence-electron chi connectivity index (χ0n) is 8.31. The van der Waals surface area contributed by atoms with E-state index in [1.54, 1.807) is 6.92 Å². The number of hydrogen-bond acceptors (Lipinski definition) is 1. The molecule has 1 N–H and O–H groups in total. The van der Waals surface area contributed by atoms with Gasteiger partial charge in [0, 0.05) is 6.54 Å². The summed E-state index contributed by atoms with van der Waals surface area (Å²) >= 11 is 5.55. The highest BCUT2D eigenvalue weighted by atomic mass is 35.5. The zero-order valence-corrected chi connectivity index (χ0v) is 9.07. The molecule has 0 heterocycles. The molecule has 2 nitrogen and oxygen atoms in total. The number of amides is 1. The van der Waals surface area contributed by atoms with Crippen molar-refractivity contribution in [2.45, 2.75) is 6.92 Å². The fourth-order valence-corrected chi connectivity index (χ4v) is 1.18. The monoisotopic (exact) mass is 227 g/mol. The van der Waals surface area contributed by atoms with Gasteiger partial charge in [-0.25, -0.2) is 4.39 Å². The van der Waals surface area contributed by atoms with Gasteiger partial charge in [-0.05, 0) is 19.1 Å². The molecule has 15 heavy (non-hydrogen) atoms. The van der Waals surface area contributed by atoms with Gasteiger partial charge in [-0.3, -0.25) is 4.79 Å². The van der Waals surface area contributed by atoms with E-state index in [1.165, 1.54) is 18.2 Å². The Bertz CT molecular complexity index is 404. The van der Waals surface area contributed by atoms with E-state index in [-0.39, 0.29) is 10.6 Å². The largest absolute Gasteiger partial charge is 0.348 e. The number of benzene rings is 1. The highest BCUT2D eigenvalue weighted by Crippen LogP contribution is 2.17. The minimum absolute atomic E-state index is 0.0521. The van der Waals surface area contributed by atoms with E-state index in [0.717, 1.165) is 5.57 Å². The van der Waals surface area contributed by atoms with Crippen molar-refractivity contribution in [1.29, 1.82) is 0 Å². The van der Waals surface area contributed by atoms with Gasteiger partial charge in [0.1, 0.15) is 0 Å². The summed E-state index contributed by atoms with van der Waals surface area (Å²) in [5.74, 6) is -1.18. The van der Waals surface area contributed by atoms with Crippen molar-refractivity contribution in [2.75, 3.05) is 6.54 Å². The second-order valence-electron chi connectivity index (χ2n) is 3.24. The van der Waals surface area contributed by atoms with Crippen molar-refractivity contribution in [2.24, 2.45) is 0 Å². The molecule has 0 radical (unpaired) electrons. The summed E-state index contributed by atoms with van der Waals surface area (Å²) in [4.78, 5) is 11.5. The van der Waals surface area contributed by atoms with Gasteiger partial charge in [-0.2, -0.15) is 0 Å². The maximum absolute atomic E-state index is 13.4. The second kappa shape index (κ2) is 4.94. The maximum Gasteiger partial charge on any atom is 0.254 e. The Morgan fingerprint density at radius 1 is 1.60 bits per heavy atom. The van der Waals surface area contributed by atoms with Crippen LogP contribution in [0, 0.1) is 5.82 Å². The van der Waals surface area contributed by atoms with Crippen molar-refractivity contribution < 1.29 is 9.18 Å². The zero-order chi connectivity index (χ0) is 11.4. The molecule has 0 unspecified atom stereocenters. The molecule has 0 spiro atoms. The summed E-state index contributed by atoms with van der Waals surface area (Å²) < 4.78 is 13.4. The predicted molar refractivity (Wildman–Crippen MR) is 58.6 cm³/mol. The summed E-state index contributed by atoms with van der Waals surface area (Å²) in [7, 11) is 0. The Morgan fingerprint density at radius 3 is 2.87 bits per heavy atom. The second-order valence-corrected chi connectivity index (χ2v) is 3.65. The van der Waals surface area contributed by atoms with Crippen LogP contribution in [0.25, 0.3) is 0 Å². The molecule has 0 aliphatic rings. The Morgan fingerprint density at radius 2 is 2.27 bits per heavy atom. The topological polar surface area (TPSA) is 29.1 Å². The number of carbonyl (C=O) groups excluding carboxylic acids is 1. The van der Waals surface area contributed by atoms with Gasteiger partial charge < -0.3 is 5.32 Å². The maximum atomic E-state index is 13.4. The molecule has 0 saturated carbocycles. The SMILES string of the molecule is C=C(C)CNC(=O)c1cccc(Cl)c1F. The van der Waals surface area contributed by atoms with Crippen LogP contribution < -0.4 is 5.32 Å². The molecule has 1 aromatic rings. The van der Waals surface area contributed by atoms with Gasteiger partial charge >= 0.3 is 0 Å². The summed E-state index contributed by atoms with van der Waals surface area (Å²) in [6.45, 7) is 5.72. The molecule has 0 aliphatic heterocycles. The molecule has 1 amide bonds.